The third-order valence-corrected chi connectivity index (χ3v) is 6.42. The predicted octanol–water partition coefficient (Wildman–Crippen LogP) is 1.57. The third-order valence-electron chi connectivity index (χ3n) is 4.79. The molecular weight excluding hydrogens is 538 g/mol. The zero-order valence-corrected chi connectivity index (χ0v) is 19.3. The molecule has 0 amide bonds. The van der Waals surface area contributed by atoms with Crippen molar-refractivity contribution >= 4 is 45.6 Å². The number of nitrogens with one attached hydrogen (secondary N) is 2. The zero-order chi connectivity index (χ0) is 21.1. The van der Waals surface area contributed by atoms with Gasteiger partial charge in [0.1, 0.15) is 0 Å². The van der Waals surface area contributed by atoms with Crippen molar-refractivity contribution in [3.05, 3.63) is 30.2 Å². The summed E-state index contributed by atoms with van der Waals surface area (Å²) in [7, 11) is -3.64. The molecule has 3 rings (SSSR count). The van der Waals surface area contributed by atoms with Gasteiger partial charge in [0.2, 0.25) is 0 Å². The minimum absolute atomic E-state index is 0. The van der Waals surface area contributed by atoms with Gasteiger partial charge < -0.3 is 10.6 Å². The largest absolute Gasteiger partial charge is 0.511 e. The second-order valence-corrected chi connectivity index (χ2v) is 8.57. The highest BCUT2D eigenvalue weighted by molar-refractivity contribution is 14.0. The normalized spacial score (nSPS) is 17.0. The van der Waals surface area contributed by atoms with Crippen molar-refractivity contribution in [1.29, 1.82) is 0 Å². The Balaban J connectivity index is 0.00000320. The fourth-order valence-electron chi connectivity index (χ4n) is 3.14. The Bertz CT molecular complexity index is 973. The van der Waals surface area contributed by atoms with Gasteiger partial charge in [0.25, 0.3) is 0 Å². The standard InChI is InChI=1S/C16H22F3N7O2S.HI/c1-20-15(22-11-14-24-23-13-4-2-3-7-26(13)14)21-10-12-5-8-25(9-6-12)29(27,28)16(17,18)19;/h2-4,7,12H,5-6,8-11H2,1H3,(H2,20,21,22);1H. The SMILES string of the molecule is CN=C(NCc1nnc2ccccn12)NCC1CCN(S(=O)(=O)C(F)(F)F)CC1.I. The molecule has 9 nitrogen and oxygen atoms in total. The van der Waals surface area contributed by atoms with Crippen LogP contribution in [0.3, 0.4) is 0 Å². The van der Waals surface area contributed by atoms with E-state index in [1.807, 2.05) is 28.8 Å². The van der Waals surface area contributed by atoms with E-state index >= 15 is 0 Å². The molecule has 1 saturated heterocycles. The van der Waals surface area contributed by atoms with Crippen LogP contribution in [0.2, 0.25) is 0 Å². The van der Waals surface area contributed by atoms with Gasteiger partial charge in [-0.3, -0.25) is 9.39 Å². The fraction of sp³-hybridized carbons (Fsp3) is 0.562. The summed E-state index contributed by atoms with van der Waals surface area (Å²) in [5.41, 5.74) is -4.52. The molecule has 168 valence electrons. The average Bonchev–Trinajstić information content (AvgIpc) is 3.11. The van der Waals surface area contributed by atoms with Crippen molar-refractivity contribution in [3.8, 4) is 0 Å². The van der Waals surface area contributed by atoms with E-state index in [-0.39, 0.29) is 43.0 Å². The van der Waals surface area contributed by atoms with Gasteiger partial charge >= 0.3 is 15.5 Å². The summed E-state index contributed by atoms with van der Waals surface area (Å²) in [4.78, 5) is 4.12. The zero-order valence-electron chi connectivity index (χ0n) is 16.1. The Morgan fingerprint density at radius 2 is 1.93 bits per heavy atom. The maximum absolute atomic E-state index is 12.6. The molecule has 1 fully saturated rings. The van der Waals surface area contributed by atoms with Crippen LogP contribution in [0.4, 0.5) is 13.2 Å². The Morgan fingerprint density at radius 1 is 1.23 bits per heavy atom. The van der Waals surface area contributed by atoms with Gasteiger partial charge in [-0.1, -0.05) is 6.07 Å². The van der Waals surface area contributed by atoms with E-state index in [2.05, 4.69) is 25.8 Å². The number of halogens is 4. The number of aromatic nitrogens is 3. The molecule has 0 aromatic carbocycles. The van der Waals surface area contributed by atoms with Crippen molar-refractivity contribution < 1.29 is 21.6 Å². The second-order valence-electron chi connectivity index (χ2n) is 6.64. The molecule has 1 aliphatic heterocycles. The van der Waals surface area contributed by atoms with Crippen molar-refractivity contribution in [1.82, 2.24) is 29.5 Å². The Labute approximate surface area is 189 Å². The van der Waals surface area contributed by atoms with Gasteiger partial charge in [-0.2, -0.15) is 17.5 Å². The van der Waals surface area contributed by atoms with E-state index < -0.39 is 15.5 Å². The summed E-state index contributed by atoms with van der Waals surface area (Å²) in [6.07, 6.45) is 2.54. The maximum Gasteiger partial charge on any atom is 0.511 e. The average molecular weight is 561 g/mol. The molecule has 0 spiro atoms. The van der Waals surface area contributed by atoms with Crippen LogP contribution in [-0.4, -0.2) is 65.5 Å². The minimum Gasteiger partial charge on any atom is -0.356 e. The Kier molecular flexibility index (Phi) is 8.27. The van der Waals surface area contributed by atoms with Crippen molar-refractivity contribution in [2.24, 2.45) is 10.9 Å². The monoisotopic (exact) mass is 561 g/mol. The molecule has 1 aliphatic rings. The van der Waals surface area contributed by atoms with Crippen molar-refractivity contribution in [2.45, 2.75) is 24.9 Å². The van der Waals surface area contributed by atoms with Crippen LogP contribution < -0.4 is 10.6 Å². The van der Waals surface area contributed by atoms with Crippen LogP contribution in [0.5, 0.6) is 0 Å². The summed E-state index contributed by atoms with van der Waals surface area (Å²) in [6.45, 7) is 0.561. The fourth-order valence-corrected chi connectivity index (χ4v) is 4.12. The van der Waals surface area contributed by atoms with Gasteiger partial charge in [0, 0.05) is 32.9 Å². The van der Waals surface area contributed by atoms with Crippen molar-refractivity contribution in [2.75, 3.05) is 26.7 Å². The molecule has 0 aliphatic carbocycles. The van der Waals surface area contributed by atoms with Crippen LogP contribution in [0.15, 0.2) is 29.4 Å². The molecular formula is C16H23F3IN7O2S. The number of hydrogen-bond donors (Lipinski definition) is 2. The molecule has 0 saturated carbocycles. The van der Waals surface area contributed by atoms with Gasteiger partial charge in [-0.05, 0) is 30.9 Å². The Morgan fingerprint density at radius 3 is 2.57 bits per heavy atom. The molecule has 0 unspecified atom stereocenters. The Hall–Kier alpha value is -1.68. The third kappa shape index (κ3) is 5.51. The van der Waals surface area contributed by atoms with E-state index in [0.717, 1.165) is 5.65 Å². The molecule has 0 radical (unpaired) electrons. The lowest BCUT2D eigenvalue weighted by Crippen LogP contribution is -2.47. The maximum atomic E-state index is 12.6. The molecule has 14 heteroatoms. The number of aliphatic imine (C=N–C) groups is 1. The second kappa shape index (κ2) is 10.1. The predicted molar refractivity (Wildman–Crippen MR) is 116 cm³/mol. The number of hydrogen-bond acceptors (Lipinski definition) is 5. The van der Waals surface area contributed by atoms with E-state index in [1.54, 1.807) is 7.05 Å². The van der Waals surface area contributed by atoms with Crippen LogP contribution in [0.25, 0.3) is 5.65 Å². The lowest BCUT2D eigenvalue weighted by molar-refractivity contribution is -0.0496. The number of rotatable bonds is 5. The van der Waals surface area contributed by atoms with Gasteiger partial charge in [-0.25, -0.2) is 8.42 Å². The topological polar surface area (TPSA) is 104 Å². The summed E-state index contributed by atoms with van der Waals surface area (Å²) in [5.74, 6) is 1.26. The van der Waals surface area contributed by atoms with Gasteiger partial charge in [-0.15, -0.1) is 34.2 Å². The number of nitrogens with zero attached hydrogens (tertiary/aromatic N) is 5. The van der Waals surface area contributed by atoms with Crippen molar-refractivity contribution in [3.63, 3.8) is 0 Å². The number of guanidine groups is 1. The number of pyridine rings is 1. The van der Waals surface area contributed by atoms with E-state index in [4.69, 9.17) is 0 Å². The number of fused-ring (bicyclic) bond motifs is 1. The highest BCUT2D eigenvalue weighted by Gasteiger charge is 2.50. The number of alkyl halides is 3. The lowest BCUT2D eigenvalue weighted by atomic mass is 9.98. The summed E-state index contributed by atoms with van der Waals surface area (Å²) in [6, 6.07) is 5.58. The molecule has 0 bridgehead atoms. The molecule has 2 N–H and O–H groups in total. The summed E-state index contributed by atoms with van der Waals surface area (Å²) in [5, 5.41) is 14.4. The summed E-state index contributed by atoms with van der Waals surface area (Å²) < 4.78 is 63.2. The minimum atomic E-state index is -5.25. The highest BCUT2D eigenvalue weighted by Crippen LogP contribution is 2.30. The number of piperidine rings is 1. The smallest absolute Gasteiger partial charge is 0.356 e. The quantitative estimate of drug-likeness (QED) is 0.327. The van der Waals surface area contributed by atoms with Crippen LogP contribution in [0.1, 0.15) is 18.7 Å². The van der Waals surface area contributed by atoms with Crippen LogP contribution in [-0.2, 0) is 16.6 Å². The molecule has 2 aromatic heterocycles. The molecule has 0 atom stereocenters. The highest BCUT2D eigenvalue weighted by atomic mass is 127. The lowest BCUT2D eigenvalue weighted by Gasteiger charge is -2.31. The first kappa shape index (κ1) is 24.6. The molecule has 3 heterocycles. The van der Waals surface area contributed by atoms with Gasteiger partial charge in [0.05, 0.1) is 6.54 Å². The summed E-state index contributed by atoms with van der Waals surface area (Å²) >= 11 is 0. The first-order valence-electron chi connectivity index (χ1n) is 9.02. The number of sulfonamides is 1. The molecule has 30 heavy (non-hydrogen) atoms. The van der Waals surface area contributed by atoms with E-state index in [0.29, 0.717) is 42.0 Å². The van der Waals surface area contributed by atoms with Crippen LogP contribution >= 0.6 is 24.0 Å². The van der Waals surface area contributed by atoms with Gasteiger partial charge in [0.15, 0.2) is 17.4 Å². The first-order valence-corrected chi connectivity index (χ1v) is 10.5. The van der Waals surface area contributed by atoms with E-state index in [1.165, 1.54) is 0 Å². The van der Waals surface area contributed by atoms with E-state index in [9.17, 15) is 21.6 Å². The first-order chi connectivity index (χ1) is 13.7. The molecule has 2 aromatic rings. The van der Waals surface area contributed by atoms with Crippen LogP contribution in [0, 0.1) is 5.92 Å².